The fourth-order valence-electron chi connectivity index (χ4n) is 1.95. The van der Waals surface area contributed by atoms with Crippen molar-refractivity contribution in [3.05, 3.63) is 53.3 Å². The largest absolute Gasteiger partial charge is 0.465 e. The van der Waals surface area contributed by atoms with Gasteiger partial charge in [-0.3, -0.25) is 0 Å². The van der Waals surface area contributed by atoms with Gasteiger partial charge in [-0.25, -0.2) is 22.0 Å². The number of rotatable bonds is 4. The van der Waals surface area contributed by atoms with Crippen LogP contribution in [0.3, 0.4) is 0 Å². The number of aryl methyl sites for hydroxylation is 1. The highest BCUT2D eigenvalue weighted by Crippen LogP contribution is 2.20. The smallest absolute Gasteiger partial charge is 0.340 e. The Bertz CT molecular complexity index is 815. The van der Waals surface area contributed by atoms with Crippen LogP contribution in [0.15, 0.2) is 41.6 Å². The first kappa shape index (κ1) is 16.8. The quantitative estimate of drug-likeness (QED) is 0.787. The van der Waals surface area contributed by atoms with Gasteiger partial charge in [0, 0.05) is 12.4 Å². The molecule has 0 aliphatic rings. The molecule has 122 valence electrons. The van der Waals surface area contributed by atoms with E-state index in [1.807, 2.05) is 6.92 Å². The van der Waals surface area contributed by atoms with Crippen LogP contribution in [0, 0.1) is 6.92 Å². The third-order valence-corrected chi connectivity index (χ3v) is 4.84. The van der Waals surface area contributed by atoms with Crippen molar-refractivity contribution in [3.63, 3.8) is 0 Å². The molecule has 2 rings (SSSR count). The topological polar surface area (TPSA) is 91.7 Å². The van der Waals surface area contributed by atoms with Crippen molar-refractivity contribution in [3.8, 4) is 0 Å². The Morgan fingerprint density at radius 3 is 1.74 bits per heavy atom. The van der Waals surface area contributed by atoms with E-state index in [1.165, 1.54) is 12.1 Å². The van der Waals surface area contributed by atoms with Crippen molar-refractivity contribution in [1.29, 1.82) is 0 Å². The summed E-state index contributed by atoms with van der Waals surface area (Å²) >= 11 is 0. The van der Waals surface area contributed by atoms with Gasteiger partial charge in [0.1, 0.15) is 0 Å². The van der Waals surface area contributed by atoms with Crippen LogP contribution in [0.5, 0.6) is 0 Å². The molecule has 0 aliphatic carbocycles. The molecule has 0 fully saturated rings. The summed E-state index contributed by atoms with van der Waals surface area (Å²) in [7, 11) is -1.67. The second-order valence-electron chi connectivity index (χ2n) is 4.72. The normalized spacial score (nSPS) is 11.1. The van der Waals surface area contributed by atoms with Gasteiger partial charge in [0.2, 0.25) is 0 Å². The maximum atomic E-state index is 12.6. The molecule has 1 aromatic heterocycles. The van der Waals surface area contributed by atoms with Crippen LogP contribution in [0.2, 0.25) is 0 Å². The molecule has 23 heavy (non-hydrogen) atoms. The maximum absolute atomic E-state index is 12.6. The number of ether oxygens (including phenoxy) is 2. The zero-order chi connectivity index (χ0) is 17.2. The SMILES string of the molecule is COC(=O)c1cn(S(=O)(=O)c2ccc(C)cc2)cc1C(=O)OC. The van der Waals surface area contributed by atoms with Crippen LogP contribution in [0.25, 0.3) is 0 Å². The van der Waals surface area contributed by atoms with Gasteiger partial charge in [-0.15, -0.1) is 0 Å². The van der Waals surface area contributed by atoms with E-state index in [1.54, 1.807) is 12.1 Å². The lowest BCUT2D eigenvalue weighted by Crippen LogP contribution is -2.11. The van der Waals surface area contributed by atoms with E-state index in [0.29, 0.717) is 0 Å². The monoisotopic (exact) mass is 337 g/mol. The highest BCUT2D eigenvalue weighted by atomic mass is 32.2. The number of hydrogen-bond donors (Lipinski definition) is 0. The second-order valence-corrected chi connectivity index (χ2v) is 6.56. The average molecular weight is 337 g/mol. The van der Waals surface area contributed by atoms with Gasteiger partial charge in [-0.05, 0) is 19.1 Å². The Balaban J connectivity index is 2.59. The first-order chi connectivity index (χ1) is 10.8. The van der Waals surface area contributed by atoms with Crippen LogP contribution in [0.1, 0.15) is 26.3 Å². The molecule has 0 N–H and O–H groups in total. The van der Waals surface area contributed by atoms with Crippen LogP contribution < -0.4 is 0 Å². The minimum Gasteiger partial charge on any atom is -0.465 e. The third kappa shape index (κ3) is 3.11. The van der Waals surface area contributed by atoms with Gasteiger partial charge in [0.25, 0.3) is 10.0 Å². The Labute approximate surface area is 133 Å². The predicted octanol–water partition coefficient (Wildman–Crippen LogP) is 1.61. The van der Waals surface area contributed by atoms with E-state index in [4.69, 9.17) is 0 Å². The first-order valence-corrected chi connectivity index (χ1v) is 7.96. The lowest BCUT2D eigenvalue weighted by Gasteiger charge is -2.05. The molecule has 0 saturated heterocycles. The molecule has 0 radical (unpaired) electrons. The molecule has 0 saturated carbocycles. The summed E-state index contributed by atoms with van der Waals surface area (Å²) < 4.78 is 35.1. The molecule has 0 aliphatic heterocycles. The molecule has 1 heterocycles. The summed E-state index contributed by atoms with van der Waals surface area (Å²) in [6.45, 7) is 1.83. The van der Waals surface area contributed by atoms with E-state index in [9.17, 15) is 18.0 Å². The van der Waals surface area contributed by atoms with Gasteiger partial charge in [-0.1, -0.05) is 17.7 Å². The molecular weight excluding hydrogens is 322 g/mol. The van der Waals surface area contributed by atoms with Crippen LogP contribution in [-0.4, -0.2) is 38.5 Å². The van der Waals surface area contributed by atoms with Gasteiger partial charge < -0.3 is 9.47 Å². The standard InChI is InChI=1S/C15H15NO6S/c1-10-4-6-11(7-5-10)23(19,20)16-8-12(14(17)21-2)13(9-16)15(18)22-3/h4-9H,1-3H3. The highest BCUT2D eigenvalue weighted by molar-refractivity contribution is 7.90. The van der Waals surface area contributed by atoms with Crippen molar-refractivity contribution in [2.75, 3.05) is 14.2 Å². The molecule has 0 unspecified atom stereocenters. The van der Waals surface area contributed by atoms with E-state index >= 15 is 0 Å². The van der Waals surface area contributed by atoms with Crippen LogP contribution >= 0.6 is 0 Å². The Kier molecular flexibility index (Phi) is 4.55. The molecule has 0 bridgehead atoms. The number of carbonyl (C=O) groups is 2. The van der Waals surface area contributed by atoms with Gasteiger partial charge in [0.15, 0.2) is 0 Å². The Morgan fingerprint density at radius 2 is 1.35 bits per heavy atom. The van der Waals surface area contributed by atoms with E-state index in [0.717, 1.165) is 36.1 Å². The summed E-state index contributed by atoms with van der Waals surface area (Å²) in [5.74, 6) is -1.66. The zero-order valence-electron chi connectivity index (χ0n) is 12.8. The summed E-state index contributed by atoms with van der Waals surface area (Å²) in [6.07, 6.45) is 2.07. The minimum atomic E-state index is -3.94. The van der Waals surface area contributed by atoms with E-state index in [-0.39, 0.29) is 16.0 Å². The van der Waals surface area contributed by atoms with Gasteiger partial charge in [0.05, 0.1) is 30.2 Å². The summed E-state index contributed by atoms with van der Waals surface area (Å²) in [5, 5.41) is 0. The number of carbonyl (C=O) groups excluding carboxylic acids is 2. The summed E-state index contributed by atoms with van der Waals surface area (Å²) in [5.41, 5.74) is 0.534. The molecule has 7 nitrogen and oxygen atoms in total. The molecule has 1 aromatic carbocycles. The molecule has 2 aromatic rings. The Morgan fingerprint density at radius 1 is 0.913 bits per heavy atom. The minimum absolute atomic E-state index is 0.0333. The van der Waals surface area contributed by atoms with Gasteiger partial charge in [-0.2, -0.15) is 0 Å². The first-order valence-electron chi connectivity index (χ1n) is 6.52. The van der Waals surface area contributed by atoms with E-state index < -0.39 is 22.0 Å². The maximum Gasteiger partial charge on any atom is 0.340 e. The van der Waals surface area contributed by atoms with Crippen molar-refractivity contribution >= 4 is 22.0 Å². The van der Waals surface area contributed by atoms with Crippen LogP contribution in [-0.2, 0) is 19.5 Å². The van der Waals surface area contributed by atoms with Crippen molar-refractivity contribution in [2.24, 2.45) is 0 Å². The third-order valence-electron chi connectivity index (χ3n) is 3.21. The number of methoxy groups -OCH3 is 2. The second kappa shape index (κ2) is 6.25. The number of esters is 2. The summed E-state index contributed by atoms with van der Waals surface area (Å²) in [4.78, 5) is 23.5. The number of hydrogen-bond acceptors (Lipinski definition) is 6. The fourth-order valence-corrected chi connectivity index (χ4v) is 3.16. The zero-order valence-corrected chi connectivity index (χ0v) is 13.6. The molecule has 0 spiro atoms. The lowest BCUT2D eigenvalue weighted by atomic mass is 10.2. The highest BCUT2D eigenvalue weighted by Gasteiger charge is 2.26. The van der Waals surface area contributed by atoms with Crippen molar-refractivity contribution < 1.29 is 27.5 Å². The Hall–Kier alpha value is -2.61. The molecule has 8 heteroatoms. The van der Waals surface area contributed by atoms with Crippen LogP contribution in [0.4, 0.5) is 0 Å². The number of nitrogens with zero attached hydrogens (tertiary/aromatic N) is 1. The fraction of sp³-hybridized carbons (Fsp3) is 0.200. The average Bonchev–Trinajstić information content (AvgIpc) is 2.99. The predicted molar refractivity (Wildman–Crippen MR) is 80.9 cm³/mol. The molecule has 0 amide bonds. The number of benzene rings is 1. The van der Waals surface area contributed by atoms with Crippen molar-refractivity contribution in [1.82, 2.24) is 3.97 Å². The number of aromatic nitrogens is 1. The van der Waals surface area contributed by atoms with Crippen molar-refractivity contribution in [2.45, 2.75) is 11.8 Å². The summed E-state index contributed by atoms with van der Waals surface area (Å²) in [6, 6.07) is 6.19. The molecular formula is C15H15NO6S. The van der Waals surface area contributed by atoms with E-state index in [2.05, 4.69) is 9.47 Å². The van der Waals surface area contributed by atoms with Gasteiger partial charge >= 0.3 is 11.9 Å². The lowest BCUT2D eigenvalue weighted by molar-refractivity contribution is 0.0556. The molecule has 0 atom stereocenters.